The van der Waals surface area contributed by atoms with Crippen molar-refractivity contribution in [3.63, 3.8) is 0 Å². The molecule has 2 N–H and O–H groups in total. The SMILES string of the molecule is Nc1ccc(-c2cccc3c4c(ccc23)-c2c(ccc3ccccc23)OC4)cc1. The average Bonchev–Trinajstić information content (AvgIpc) is 2.78. The lowest BCUT2D eigenvalue weighted by molar-refractivity contribution is 0.304. The van der Waals surface area contributed by atoms with E-state index in [9.17, 15) is 0 Å². The van der Waals surface area contributed by atoms with Gasteiger partial charge in [-0.15, -0.1) is 0 Å². The minimum absolute atomic E-state index is 0.587. The molecule has 0 radical (unpaired) electrons. The van der Waals surface area contributed by atoms with Crippen LogP contribution in [0.5, 0.6) is 5.75 Å². The van der Waals surface area contributed by atoms with E-state index in [1.807, 2.05) is 12.1 Å². The summed E-state index contributed by atoms with van der Waals surface area (Å²) in [5.74, 6) is 0.963. The van der Waals surface area contributed by atoms with E-state index in [1.54, 1.807) is 0 Å². The summed E-state index contributed by atoms with van der Waals surface area (Å²) in [5.41, 5.74) is 12.8. The molecule has 0 fully saturated rings. The van der Waals surface area contributed by atoms with E-state index in [0.717, 1.165) is 11.4 Å². The third kappa shape index (κ3) is 2.43. The van der Waals surface area contributed by atoms with E-state index >= 15 is 0 Å². The molecule has 1 heterocycles. The molecule has 0 aliphatic carbocycles. The molecule has 0 unspecified atom stereocenters. The number of fused-ring (bicyclic) bond motifs is 7. The highest BCUT2D eigenvalue weighted by atomic mass is 16.5. The van der Waals surface area contributed by atoms with Crippen molar-refractivity contribution in [1.29, 1.82) is 0 Å². The highest BCUT2D eigenvalue weighted by molar-refractivity contribution is 6.06. The molecule has 138 valence electrons. The molecule has 0 spiro atoms. The zero-order valence-corrected chi connectivity index (χ0v) is 15.9. The molecule has 0 bridgehead atoms. The number of benzene rings is 5. The molecular weight excluding hydrogens is 354 g/mol. The van der Waals surface area contributed by atoms with Crippen LogP contribution in [0.25, 0.3) is 43.8 Å². The van der Waals surface area contributed by atoms with Gasteiger partial charge in [0.1, 0.15) is 12.4 Å². The van der Waals surface area contributed by atoms with Crippen LogP contribution in [0, 0.1) is 0 Å². The predicted molar refractivity (Wildman–Crippen MR) is 121 cm³/mol. The van der Waals surface area contributed by atoms with E-state index in [1.165, 1.54) is 49.4 Å². The molecule has 5 aromatic carbocycles. The summed E-state index contributed by atoms with van der Waals surface area (Å²) < 4.78 is 6.21. The summed E-state index contributed by atoms with van der Waals surface area (Å²) in [6, 6.07) is 31.8. The van der Waals surface area contributed by atoms with Crippen LogP contribution in [-0.2, 0) is 6.61 Å². The lowest BCUT2D eigenvalue weighted by atomic mass is 9.87. The van der Waals surface area contributed by atoms with E-state index in [4.69, 9.17) is 10.5 Å². The second-order valence-electron chi connectivity index (χ2n) is 7.56. The van der Waals surface area contributed by atoms with Crippen molar-refractivity contribution in [1.82, 2.24) is 0 Å². The van der Waals surface area contributed by atoms with Gasteiger partial charge in [0, 0.05) is 16.8 Å². The molecule has 6 rings (SSSR count). The Labute approximate surface area is 169 Å². The van der Waals surface area contributed by atoms with Gasteiger partial charge in [-0.1, -0.05) is 72.8 Å². The summed E-state index contributed by atoms with van der Waals surface area (Å²) in [7, 11) is 0. The van der Waals surface area contributed by atoms with Crippen molar-refractivity contribution < 1.29 is 4.74 Å². The first-order valence-corrected chi connectivity index (χ1v) is 9.85. The molecule has 0 saturated carbocycles. The van der Waals surface area contributed by atoms with Crippen LogP contribution in [-0.4, -0.2) is 0 Å². The molecule has 29 heavy (non-hydrogen) atoms. The van der Waals surface area contributed by atoms with Crippen LogP contribution in [0.4, 0.5) is 5.69 Å². The Morgan fingerprint density at radius 2 is 1.45 bits per heavy atom. The normalized spacial score (nSPS) is 12.4. The maximum Gasteiger partial charge on any atom is 0.128 e. The first-order chi connectivity index (χ1) is 14.3. The molecule has 2 nitrogen and oxygen atoms in total. The van der Waals surface area contributed by atoms with Gasteiger partial charge in [-0.3, -0.25) is 0 Å². The van der Waals surface area contributed by atoms with Gasteiger partial charge in [0.15, 0.2) is 0 Å². The molecule has 0 aromatic heterocycles. The van der Waals surface area contributed by atoms with Crippen LogP contribution in [0.1, 0.15) is 5.56 Å². The zero-order valence-electron chi connectivity index (χ0n) is 15.9. The molecular formula is C27H19NO. The van der Waals surface area contributed by atoms with Crippen LogP contribution in [0.15, 0.2) is 91.0 Å². The average molecular weight is 373 g/mol. The minimum atomic E-state index is 0.587. The topological polar surface area (TPSA) is 35.2 Å². The number of ether oxygens (including phenoxy) is 1. The fraction of sp³-hybridized carbons (Fsp3) is 0.0370. The van der Waals surface area contributed by atoms with E-state index in [2.05, 4.69) is 78.9 Å². The molecule has 5 aromatic rings. The summed E-state index contributed by atoms with van der Waals surface area (Å²) in [5, 5.41) is 4.96. The summed E-state index contributed by atoms with van der Waals surface area (Å²) in [4.78, 5) is 0. The molecule has 0 atom stereocenters. The molecule has 1 aliphatic heterocycles. The molecule has 1 aliphatic rings. The Balaban J connectivity index is 1.64. The Hall–Kier alpha value is -3.78. The van der Waals surface area contributed by atoms with Gasteiger partial charge >= 0.3 is 0 Å². The van der Waals surface area contributed by atoms with Gasteiger partial charge in [0.2, 0.25) is 0 Å². The second kappa shape index (κ2) is 6.11. The van der Waals surface area contributed by atoms with Gasteiger partial charge in [0.05, 0.1) is 0 Å². The molecule has 2 heteroatoms. The summed E-state index contributed by atoms with van der Waals surface area (Å²) in [6.45, 7) is 0.587. The summed E-state index contributed by atoms with van der Waals surface area (Å²) >= 11 is 0. The van der Waals surface area contributed by atoms with Crippen LogP contribution in [0.3, 0.4) is 0 Å². The van der Waals surface area contributed by atoms with Crippen LogP contribution >= 0.6 is 0 Å². The quantitative estimate of drug-likeness (QED) is 0.328. The van der Waals surface area contributed by atoms with Gasteiger partial charge in [-0.25, -0.2) is 0 Å². The van der Waals surface area contributed by atoms with E-state index in [-0.39, 0.29) is 0 Å². The Morgan fingerprint density at radius 3 is 2.34 bits per heavy atom. The smallest absolute Gasteiger partial charge is 0.128 e. The highest BCUT2D eigenvalue weighted by Crippen LogP contribution is 2.45. The molecule has 0 saturated heterocycles. The van der Waals surface area contributed by atoms with Crippen molar-refractivity contribution in [2.75, 3.05) is 5.73 Å². The Bertz CT molecular complexity index is 1400. The van der Waals surface area contributed by atoms with Gasteiger partial charge in [0.25, 0.3) is 0 Å². The van der Waals surface area contributed by atoms with Crippen LogP contribution in [0.2, 0.25) is 0 Å². The Kier molecular flexibility index (Phi) is 3.41. The fourth-order valence-electron chi connectivity index (χ4n) is 4.52. The number of rotatable bonds is 1. The highest BCUT2D eigenvalue weighted by Gasteiger charge is 2.22. The lowest BCUT2D eigenvalue weighted by Gasteiger charge is -2.24. The largest absolute Gasteiger partial charge is 0.488 e. The number of nitrogens with two attached hydrogens (primary N) is 1. The van der Waals surface area contributed by atoms with Gasteiger partial charge in [-0.2, -0.15) is 0 Å². The monoisotopic (exact) mass is 373 g/mol. The Morgan fingerprint density at radius 1 is 0.621 bits per heavy atom. The van der Waals surface area contributed by atoms with Crippen molar-refractivity contribution in [2.24, 2.45) is 0 Å². The predicted octanol–water partition coefficient (Wildman–Crippen LogP) is 6.80. The first kappa shape index (κ1) is 16.2. The van der Waals surface area contributed by atoms with Gasteiger partial charge in [-0.05, 0) is 56.4 Å². The maximum atomic E-state index is 6.21. The summed E-state index contributed by atoms with van der Waals surface area (Å²) in [6.07, 6.45) is 0. The van der Waals surface area contributed by atoms with Crippen LogP contribution < -0.4 is 10.5 Å². The minimum Gasteiger partial charge on any atom is -0.488 e. The van der Waals surface area contributed by atoms with Crippen molar-refractivity contribution in [2.45, 2.75) is 6.61 Å². The number of nitrogen functional groups attached to an aromatic ring is 1. The zero-order chi connectivity index (χ0) is 19.4. The molecule has 0 amide bonds. The van der Waals surface area contributed by atoms with Crippen molar-refractivity contribution in [3.8, 4) is 28.0 Å². The standard InChI is InChI=1S/C27H19NO/c28-19-11-8-18(9-12-19)20-6-3-7-22-23(20)13-14-24-25(22)16-29-26-15-10-17-4-1-2-5-21(17)27(24)26/h1-15H,16,28H2. The first-order valence-electron chi connectivity index (χ1n) is 9.85. The van der Waals surface area contributed by atoms with E-state index < -0.39 is 0 Å². The maximum absolute atomic E-state index is 6.21. The third-order valence-corrected chi connectivity index (χ3v) is 5.93. The van der Waals surface area contributed by atoms with E-state index in [0.29, 0.717) is 6.61 Å². The van der Waals surface area contributed by atoms with Gasteiger partial charge < -0.3 is 10.5 Å². The number of hydrogen-bond acceptors (Lipinski definition) is 2. The lowest BCUT2D eigenvalue weighted by Crippen LogP contribution is -2.06. The third-order valence-electron chi connectivity index (χ3n) is 5.93. The van der Waals surface area contributed by atoms with Crippen molar-refractivity contribution >= 4 is 27.2 Å². The van der Waals surface area contributed by atoms with Crippen molar-refractivity contribution in [3.05, 3.63) is 96.6 Å². The number of anilines is 1. The second-order valence-corrected chi connectivity index (χ2v) is 7.56. The fourth-order valence-corrected chi connectivity index (χ4v) is 4.52. The number of hydrogen-bond donors (Lipinski definition) is 1.